The summed E-state index contributed by atoms with van der Waals surface area (Å²) in [7, 11) is 0. The summed E-state index contributed by atoms with van der Waals surface area (Å²) in [4.78, 5) is 12.6. The van der Waals surface area contributed by atoms with Gasteiger partial charge in [-0.3, -0.25) is 4.79 Å². The summed E-state index contributed by atoms with van der Waals surface area (Å²) in [6.45, 7) is 1.83. The molecule has 5 nitrogen and oxygen atoms in total. The van der Waals surface area contributed by atoms with E-state index in [1.807, 2.05) is 31.2 Å². The van der Waals surface area contributed by atoms with Gasteiger partial charge in [0, 0.05) is 18.1 Å². The van der Waals surface area contributed by atoms with Crippen molar-refractivity contribution >= 4 is 17.8 Å². The molecular weight excluding hydrogens is 369 g/mol. The number of aliphatic hydroxyl groups is 1. The van der Waals surface area contributed by atoms with Crippen molar-refractivity contribution in [3.8, 4) is 0 Å². The first-order chi connectivity index (χ1) is 14.0. The van der Waals surface area contributed by atoms with Crippen LogP contribution in [0.25, 0.3) is 0 Å². The highest BCUT2D eigenvalue weighted by Crippen LogP contribution is 2.22. The van der Waals surface area contributed by atoms with Gasteiger partial charge in [-0.2, -0.15) is 0 Å². The number of aliphatic hydroxyl groups excluding tert-OH is 1. The first-order valence-corrected chi connectivity index (χ1v) is 9.77. The van der Waals surface area contributed by atoms with Crippen molar-refractivity contribution in [1.29, 1.82) is 5.41 Å². The molecule has 0 unspecified atom stereocenters. The Morgan fingerprint density at radius 3 is 2.69 bits per heavy atom. The van der Waals surface area contributed by atoms with Gasteiger partial charge in [0.05, 0.1) is 17.7 Å². The fraction of sp³-hybridized carbons (Fsp3) is 0.304. The lowest BCUT2D eigenvalue weighted by atomic mass is 9.97. The van der Waals surface area contributed by atoms with Crippen molar-refractivity contribution in [2.24, 2.45) is 0 Å². The number of aryl methyl sites for hydroxylation is 1. The second-order valence-corrected chi connectivity index (χ2v) is 7.38. The van der Waals surface area contributed by atoms with Gasteiger partial charge in [0.15, 0.2) is 0 Å². The fourth-order valence-electron chi connectivity index (χ4n) is 3.57. The number of amides is 1. The Balaban J connectivity index is 1.74. The average Bonchev–Trinajstić information content (AvgIpc) is 3.10. The van der Waals surface area contributed by atoms with Crippen molar-refractivity contribution in [3.63, 3.8) is 0 Å². The second kappa shape index (κ2) is 9.47. The Morgan fingerprint density at radius 2 is 2.03 bits per heavy atom. The molecule has 1 amide bonds. The highest BCUT2D eigenvalue weighted by atomic mass is 19.1. The largest absolute Gasteiger partial charge is 0.391 e. The summed E-state index contributed by atoms with van der Waals surface area (Å²) in [5.41, 5.74) is 3.63. The molecule has 6 heteroatoms. The van der Waals surface area contributed by atoms with Crippen LogP contribution in [0.5, 0.6) is 0 Å². The summed E-state index contributed by atoms with van der Waals surface area (Å²) in [5, 5.41) is 22.7. The predicted octanol–water partition coefficient (Wildman–Crippen LogP) is 3.94. The molecule has 29 heavy (non-hydrogen) atoms. The average molecular weight is 395 g/mol. The molecule has 152 valence electrons. The SMILES string of the molecule is Cc1cc(F)c(C(=O)N[C@H]2CCC[C@@H]2O)cc1Cc1ccc(N/C=C\C=N)cc1. The van der Waals surface area contributed by atoms with Gasteiger partial charge < -0.3 is 21.1 Å². The molecule has 2 aromatic carbocycles. The Morgan fingerprint density at radius 1 is 1.28 bits per heavy atom. The van der Waals surface area contributed by atoms with Gasteiger partial charge in [-0.15, -0.1) is 0 Å². The number of carbonyl (C=O) groups excluding carboxylic acids is 1. The van der Waals surface area contributed by atoms with Crippen LogP contribution in [-0.4, -0.2) is 29.4 Å². The predicted molar refractivity (Wildman–Crippen MR) is 113 cm³/mol. The zero-order valence-corrected chi connectivity index (χ0v) is 16.4. The van der Waals surface area contributed by atoms with E-state index in [0.29, 0.717) is 19.3 Å². The van der Waals surface area contributed by atoms with Crippen LogP contribution in [0.1, 0.15) is 46.3 Å². The molecule has 1 fully saturated rings. The van der Waals surface area contributed by atoms with E-state index in [0.717, 1.165) is 28.8 Å². The maximum Gasteiger partial charge on any atom is 0.254 e. The number of halogens is 1. The number of nitrogens with one attached hydrogen (secondary N) is 3. The summed E-state index contributed by atoms with van der Waals surface area (Å²) in [6, 6.07) is 10.5. The molecule has 0 aliphatic heterocycles. The molecule has 0 radical (unpaired) electrons. The van der Waals surface area contributed by atoms with Crippen molar-refractivity contribution in [2.75, 3.05) is 5.32 Å². The Labute approximate surface area is 170 Å². The molecule has 2 aromatic rings. The zero-order valence-electron chi connectivity index (χ0n) is 16.4. The second-order valence-electron chi connectivity index (χ2n) is 7.38. The third-order valence-electron chi connectivity index (χ3n) is 5.26. The van der Waals surface area contributed by atoms with Gasteiger partial charge in [-0.25, -0.2) is 4.39 Å². The first-order valence-electron chi connectivity index (χ1n) is 9.77. The normalized spacial score (nSPS) is 18.7. The van der Waals surface area contributed by atoms with E-state index in [1.165, 1.54) is 12.3 Å². The lowest BCUT2D eigenvalue weighted by molar-refractivity contribution is 0.0869. The van der Waals surface area contributed by atoms with Crippen molar-refractivity contribution < 1.29 is 14.3 Å². The molecule has 2 atom stereocenters. The number of hydrogen-bond acceptors (Lipinski definition) is 4. The Kier molecular flexibility index (Phi) is 6.77. The smallest absolute Gasteiger partial charge is 0.254 e. The molecular formula is C23H26FN3O2. The van der Waals surface area contributed by atoms with Gasteiger partial charge in [0.2, 0.25) is 0 Å². The van der Waals surface area contributed by atoms with Crippen LogP contribution < -0.4 is 10.6 Å². The molecule has 1 saturated carbocycles. The Hall–Kier alpha value is -2.99. The molecule has 4 N–H and O–H groups in total. The van der Waals surface area contributed by atoms with E-state index in [4.69, 9.17) is 5.41 Å². The quantitative estimate of drug-likeness (QED) is 0.536. The molecule has 0 bridgehead atoms. The Bertz CT molecular complexity index is 909. The monoisotopic (exact) mass is 395 g/mol. The summed E-state index contributed by atoms with van der Waals surface area (Å²) in [6.07, 6.45) is 6.71. The molecule has 0 aromatic heterocycles. The van der Waals surface area contributed by atoms with Gasteiger partial charge in [-0.05, 0) is 79.6 Å². The van der Waals surface area contributed by atoms with Crippen LogP contribution in [0.15, 0.2) is 48.7 Å². The van der Waals surface area contributed by atoms with E-state index < -0.39 is 17.8 Å². The van der Waals surface area contributed by atoms with E-state index in [1.54, 1.807) is 18.3 Å². The van der Waals surface area contributed by atoms with Gasteiger partial charge >= 0.3 is 0 Å². The lowest BCUT2D eigenvalue weighted by Gasteiger charge is -2.17. The molecule has 0 heterocycles. The van der Waals surface area contributed by atoms with E-state index in [9.17, 15) is 14.3 Å². The first kappa shape index (κ1) is 20.7. The molecule has 0 spiro atoms. The summed E-state index contributed by atoms with van der Waals surface area (Å²) >= 11 is 0. The summed E-state index contributed by atoms with van der Waals surface area (Å²) in [5.74, 6) is -1.03. The third-order valence-corrected chi connectivity index (χ3v) is 5.26. The maximum absolute atomic E-state index is 14.4. The number of hydrogen-bond donors (Lipinski definition) is 4. The number of anilines is 1. The molecule has 1 aliphatic rings. The highest BCUT2D eigenvalue weighted by Gasteiger charge is 2.27. The number of allylic oxidation sites excluding steroid dienone is 1. The third kappa shape index (κ3) is 5.29. The topological polar surface area (TPSA) is 85.2 Å². The van der Waals surface area contributed by atoms with Crippen LogP contribution >= 0.6 is 0 Å². The van der Waals surface area contributed by atoms with Crippen LogP contribution in [0, 0.1) is 18.2 Å². The van der Waals surface area contributed by atoms with Crippen molar-refractivity contribution in [2.45, 2.75) is 44.8 Å². The van der Waals surface area contributed by atoms with Crippen molar-refractivity contribution in [1.82, 2.24) is 5.32 Å². The van der Waals surface area contributed by atoms with Crippen LogP contribution in [0.4, 0.5) is 10.1 Å². The minimum absolute atomic E-state index is 0.0137. The van der Waals surface area contributed by atoms with E-state index >= 15 is 0 Å². The highest BCUT2D eigenvalue weighted by molar-refractivity contribution is 5.95. The lowest BCUT2D eigenvalue weighted by Crippen LogP contribution is -2.40. The van der Waals surface area contributed by atoms with Crippen molar-refractivity contribution in [3.05, 3.63) is 76.7 Å². The fourth-order valence-corrected chi connectivity index (χ4v) is 3.57. The minimum Gasteiger partial charge on any atom is -0.391 e. The minimum atomic E-state index is -0.562. The van der Waals surface area contributed by atoms with Gasteiger partial charge in [0.1, 0.15) is 5.82 Å². The standard InChI is InChI=1S/C23H26FN3O2/c1-15-12-20(24)19(23(29)27-21-4-2-5-22(21)28)14-17(15)13-16-6-8-18(9-7-16)26-11-3-10-25/h3,6-12,14,21-22,25-26,28H,2,4-5,13H2,1H3,(H,27,29)/b11-3-,25-10?/t21-,22-/m0/s1. The maximum atomic E-state index is 14.4. The van der Waals surface area contributed by atoms with Gasteiger partial charge in [0.25, 0.3) is 5.91 Å². The number of rotatable bonds is 7. The molecule has 1 aliphatic carbocycles. The van der Waals surface area contributed by atoms with E-state index in [2.05, 4.69) is 10.6 Å². The molecule has 3 rings (SSSR count). The van der Waals surface area contributed by atoms with Crippen LogP contribution in [0.3, 0.4) is 0 Å². The summed E-state index contributed by atoms with van der Waals surface area (Å²) < 4.78 is 14.4. The number of benzene rings is 2. The van der Waals surface area contributed by atoms with Crippen LogP contribution in [0.2, 0.25) is 0 Å². The van der Waals surface area contributed by atoms with E-state index in [-0.39, 0.29) is 11.6 Å². The van der Waals surface area contributed by atoms with Crippen LogP contribution in [-0.2, 0) is 6.42 Å². The molecule has 0 saturated heterocycles. The zero-order chi connectivity index (χ0) is 20.8. The van der Waals surface area contributed by atoms with Gasteiger partial charge in [-0.1, -0.05) is 12.1 Å². The number of carbonyl (C=O) groups is 1.